The quantitative estimate of drug-likeness (QED) is 0.910. The number of ether oxygens (including phenoxy) is 2. The van der Waals surface area contributed by atoms with E-state index in [1.807, 2.05) is 0 Å². The summed E-state index contributed by atoms with van der Waals surface area (Å²) in [6, 6.07) is 7.05. The number of aliphatic hydroxyl groups is 1. The maximum Gasteiger partial charge on any atom is 0.329 e. The van der Waals surface area contributed by atoms with Crippen LogP contribution in [0.3, 0.4) is 0 Å². The second kappa shape index (κ2) is 5.61. The molecule has 1 N–H and O–H groups in total. The minimum Gasteiger partial charge on any atom is -0.467 e. The number of nitrogens with zero attached hydrogens (tertiary/aromatic N) is 3. The fourth-order valence-corrected chi connectivity index (χ4v) is 1.43. The van der Waals surface area contributed by atoms with E-state index in [9.17, 15) is 0 Å². The minimum atomic E-state index is -0.147. The monoisotopic (exact) mass is 267 g/mol. The number of aromatic nitrogens is 3. The average Bonchev–Trinajstić information content (AvgIpc) is 2.38. The van der Waals surface area contributed by atoms with Gasteiger partial charge in [-0.05, 0) is 17.7 Å². The highest BCUT2D eigenvalue weighted by Gasteiger charge is 2.09. The Morgan fingerprint density at radius 2 is 1.89 bits per heavy atom. The maximum absolute atomic E-state index is 9.17. The fraction of sp³-hybridized carbons (Fsp3) is 0.182. The van der Waals surface area contributed by atoms with Crippen molar-refractivity contribution in [3.8, 4) is 17.8 Å². The van der Waals surface area contributed by atoms with Crippen LogP contribution >= 0.6 is 11.6 Å². The van der Waals surface area contributed by atoms with E-state index in [1.165, 1.54) is 7.11 Å². The lowest BCUT2D eigenvalue weighted by molar-refractivity contribution is 0.275. The lowest BCUT2D eigenvalue weighted by Gasteiger charge is -2.08. The zero-order valence-electron chi connectivity index (χ0n) is 9.50. The van der Waals surface area contributed by atoms with Crippen LogP contribution < -0.4 is 9.47 Å². The minimum absolute atomic E-state index is 0.00718. The van der Waals surface area contributed by atoms with Gasteiger partial charge in [-0.2, -0.15) is 9.97 Å². The molecule has 0 saturated carbocycles. The third-order valence-electron chi connectivity index (χ3n) is 2.09. The molecule has 1 heterocycles. The molecule has 0 aliphatic rings. The van der Waals surface area contributed by atoms with Gasteiger partial charge in [-0.15, -0.1) is 4.98 Å². The standard InChI is InChI=1S/C11H10ClN3O3/c1-17-10-13-9(12)14-11(15-10)18-8-5-3-2-4-7(8)6-16/h2-5,16H,6H2,1H3. The molecule has 0 saturated heterocycles. The van der Waals surface area contributed by atoms with Crippen LogP contribution in [0.5, 0.6) is 17.8 Å². The molecule has 94 valence electrons. The van der Waals surface area contributed by atoms with Crippen LogP contribution in [-0.4, -0.2) is 27.2 Å². The molecule has 0 unspecified atom stereocenters. The summed E-state index contributed by atoms with van der Waals surface area (Å²) in [7, 11) is 1.41. The number of para-hydroxylation sites is 1. The molecule has 2 rings (SSSR count). The molecule has 0 fully saturated rings. The first-order valence-electron chi connectivity index (χ1n) is 5.05. The first-order chi connectivity index (χ1) is 8.72. The largest absolute Gasteiger partial charge is 0.467 e. The van der Waals surface area contributed by atoms with E-state index in [2.05, 4.69) is 15.0 Å². The number of hydrogen-bond acceptors (Lipinski definition) is 6. The van der Waals surface area contributed by atoms with E-state index in [4.69, 9.17) is 26.2 Å². The van der Waals surface area contributed by atoms with Crippen LogP contribution in [0.2, 0.25) is 5.28 Å². The van der Waals surface area contributed by atoms with E-state index >= 15 is 0 Å². The van der Waals surface area contributed by atoms with Crippen molar-refractivity contribution in [1.82, 2.24) is 15.0 Å². The molecule has 18 heavy (non-hydrogen) atoms. The Labute approximate surface area is 108 Å². The summed E-state index contributed by atoms with van der Waals surface area (Å²) in [6.45, 7) is -0.147. The van der Waals surface area contributed by atoms with E-state index in [0.29, 0.717) is 11.3 Å². The number of rotatable bonds is 4. The van der Waals surface area contributed by atoms with E-state index in [-0.39, 0.29) is 23.9 Å². The van der Waals surface area contributed by atoms with Gasteiger partial charge >= 0.3 is 12.0 Å². The van der Waals surface area contributed by atoms with Crippen molar-refractivity contribution >= 4 is 11.6 Å². The highest BCUT2D eigenvalue weighted by atomic mass is 35.5. The molecule has 7 heteroatoms. The SMILES string of the molecule is COc1nc(Cl)nc(Oc2ccccc2CO)n1. The lowest BCUT2D eigenvalue weighted by Crippen LogP contribution is -2.00. The first-order valence-corrected chi connectivity index (χ1v) is 5.43. The molecule has 0 atom stereocenters. The van der Waals surface area contributed by atoms with Crippen molar-refractivity contribution in [3.05, 3.63) is 35.1 Å². The number of benzene rings is 1. The van der Waals surface area contributed by atoms with Crippen LogP contribution in [0, 0.1) is 0 Å². The molecule has 0 radical (unpaired) electrons. The molecular formula is C11H10ClN3O3. The average molecular weight is 268 g/mol. The Balaban J connectivity index is 2.30. The van der Waals surface area contributed by atoms with E-state index in [0.717, 1.165) is 0 Å². The Morgan fingerprint density at radius 1 is 1.17 bits per heavy atom. The normalized spacial score (nSPS) is 10.2. The van der Waals surface area contributed by atoms with Gasteiger partial charge in [0, 0.05) is 5.56 Å². The number of aliphatic hydroxyl groups excluding tert-OH is 1. The Bertz CT molecular complexity index is 551. The van der Waals surface area contributed by atoms with Crippen molar-refractivity contribution in [3.63, 3.8) is 0 Å². The summed E-state index contributed by atoms with van der Waals surface area (Å²) in [6.07, 6.45) is 0. The number of hydrogen-bond donors (Lipinski definition) is 1. The first kappa shape index (κ1) is 12.5. The Morgan fingerprint density at radius 3 is 2.61 bits per heavy atom. The van der Waals surface area contributed by atoms with Gasteiger partial charge in [-0.25, -0.2) is 0 Å². The molecule has 0 amide bonds. The van der Waals surface area contributed by atoms with Crippen LogP contribution in [0.1, 0.15) is 5.56 Å². The highest BCUT2D eigenvalue weighted by molar-refractivity contribution is 6.28. The molecule has 0 spiro atoms. The van der Waals surface area contributed by atoms with Crippen molar-refractivity contribution < 1.29 is 14.6 Å². The fourth-order valence-electron chi connectivity index (χ4n) is 1.28. The molecule has 2 aromatic rings. The smallest absolute Gasteiger partial charge is 0.329 e. The summed E-state index contributed by atoms with van der Waals surface area (Å²) >= 11 is 5.70. The molecule has 1 aromatic heterocycles. The summed E-state index contributed by atoms with van der Waals surface area (Å²) in [5.74, 6) is 0.448. The summed E-state index contributed by atoms with van der Waals surface area (Å²) in [5.41, 5.74) is 0.619. The van der Waals surface area contributed by atoms with Gasteiger partial charge < -0.3 is 14.6 Å². The van der Waals surface area contributed by atoms with Crippen molar-refractivity contribution in [2.24, 2.45) is 0 Å². The molecule has 0 aliphatic carbocycles. The van der Waals surface area contributed by atoms with Crippen LogP contribution in [0.25, 0.3) is 0 Å². The Hall–Kier alpha value is -1.92. The van der Waals surface area contributed by atoms with Gasteiger partial charge in [-0.3, -0.25) is 0 Å². The lowest BCUT2D eigenvalue weighted by atomic mass is 10.2. The maximum atomic E-state index is 9.17. The summed E-state index contributed by atoms with van der Waals surface area (Å²) in [5, 5.41) is 9.14. The van der Waals surface area contributed by atoms with Crippen LogP contribution in [0.15, 0.2) is 24.3 Å². The zero-order valence-corrected chi connectivity index (χ0v) is 10.3. The number of halogens is 1. The van der Waals surface area contributed by atoms with Gasteiger partial charge in [0.1, 0.15) is 5.75 Å². The van der Waals surface area contributed by atoms with Crippen molar-refractivity contribution in [2.45, 2.75) is 6.61 Å². The highest BCUT2D eigenvalue weighted by Crippen LogP contribution is 2.24. The van der Waals surface area contributed by atoms with Gasteiger partial charge in [0.25, 0.3) is 0 Å². The molecule has 1 aromatic carbocycles. The van der Waals surface area contributed by atoms with Crippen molar-refractivity contribution in [2.75, 3.05) is 7.11 Å². The molecular weight excluding hydrogens is 258 g/mol. The number of methoxy groups -OCH3 is 1. The second-order valence-corrected chi connectivity index (χ2v) is 3.58. The van der Waals surface area contributed by atoms with Gasteiger partial charge in [-0.1, -0.05) is 18.2 Å². The third kappa shape index (κ3) is 2.85. The van der Waals surface area contributed by atoms with Gasteiger partial charge in [0.2, 0.25) is 5.28 Å². The van der Waals surface area contributed by atoms with Gasteiger partial charge in [0.05, 0.1) is 13.7 Å². The predicted octanol–water partition coefficient (Wildman–Crippen LogP) is 1.82. The predicted molar refractivity (Wildman–Crippen MR) is 63.8 cm³/mol. The second-order valence-electron chi connectivity index (χ2n) is 3.24. The van der Waals surface area contributed by atoms with Gasteiger partial charge in [0.15, 0.2) is 0 Å². The summed E-state index contributed by atoms with van der Waals surface area (Å²) in [4.78, 5) is 11.4. The van der Waals surface area contributed by atoms with Crippen molar-refractivity contribution in [1.29, 1.82) is 0 Å². The van der Waals surface area contributed by atoms with Crippen LogP contribution in [0.4, 0.5) is 0 Å². The molecule has 0 bridgehead atoms. The van der Waals surface area contributed by atoms with E-state index < -0.39 is 0 Å². The third-order valence-corrected chi connectivity index (χ3v) is 2.26. The Kier molecular flexibility index (Phi) is 3.91. The molecule has 0 aliphatic heterocycles. The van der Waals surface area contributed by atoms with E-state index in [1.54, 1.807) is 24.3 Å². The topological polar surface area (TPSA) is 77.4 Å². The van der Waals surface area contributed by atoms with Crippen LogP contribution in [-0.2, 0) is 6.61 Å². The zero-order chi connectivity index (χ0) is 13.0. The summed E-state index contributed by atoms with van der Waals surface area (Å²) < 4.78 is 10.3. The molecule has 6 nitrogen and oxygen atoms in total.